The molecule has 0 heterocycles. The molecule has 0 atom stereocenters. The van der Waals surface area contributed by atoms with Gasteiger partial charge >= 0.3 is 5.97 Å². The van der Waals surface area contributed by atoms with E-state index in [1.54, 1.807) is 0 Å². The van der Waals surface area contributed by atoms with Crippen molar-refractivity contribution in [3.63, 3.8) is 0 Å². The van der Waals surface area contributed by atoms with Crippen molar-refractivity contribution in [2.45, 2.75) is 0 Å². The van der Waals surface area contributed by atoms with Gasteiger partial charge in [0.15, 0.2) is 0 Å². The van der Waals surface area contributed by atoms with E-state index in [-0.39, 0.29) is 0 Å². The first kappa shape index (κ1) is 20.4. The van der Waals surface area contributed by atoms with Gasteiger partial charge in [-0.2, -0.15) is 0 Å². The van der Waals surface area contributed by atoms with Crippen molar-refractivity contribution in [3.8, 4) is 0 Å². The predicted octanol–water partition coefficient (Wildman–Crippen LogP) is 4.86. The number of oxime groups is 1. The summed E-state index contributed by atoms with van der Waals surface area (Å²) in [5.74, 6) is -0.981. The van der Waals surface area contributed by atoms with Gasteiger partial charge in [-0.3, -0.25) is 0 Å². The van der Waals surface area contributed by atoms with Crippen molar-refractivity contribution in [2.75, 3.05) is 0 Å². The molecule has 0 unspecified atom stereocenters. The second-order valence-electron chi connectivity index (χ2n) is 4.88. The van der Waals surface area contributed by atoms with Gasteiger partial charge in [-0.25, -0.2) is 4.79 Å². The van der Waals surface area contributed by atoms with Gasteiger partial charge in [-0.05, 0) is 0 Å². The molecule has 0 radical (unpaired) electrons. The molecule has 0 amide bonds. The smallest absolute Gasteiger partial charge is 0.327 e. The summed E-state index contributed by atoms with van der Waals surface area (Å²) < 4.78 is 0. The minimum atomic E-state index is -0.981. The summed E-state index contributed by atoms with van der Waals surface area (Å²) in [6, 6.07) is 31.2. The molecule has 0 saturated heterocycles. The quantitative estimate of drug-likeness (QED) is 0.308. The molecule has 132 valence electrons. The summed E-state index contributed by atoms with van der Waals surface area (Å²) in [6.45, 7) is 2.96. The van der Waals surface area contributed by atoms with Crippen LogP contribution in [0, 0.1) is 0 Å². The first-order valence-corrected chi connectivity index (χ1v) is 7.87. The Morgan fingerprint density at radius 1 is 0.731 bits per heavy atom. The topological polar surface area (TPSA) is 69.9 Å². The van der Waals surface area contributed by atoms with Crippen LogP contribution in [-0.4, -0.2) is 22.0 Å². The van der Waals surface area contributed by atoms with E-state index >= 15 is 0 Å². The van der Waals surface area contributed by atoms with Crippen LogP contribution in [0.25, 0.3) is 0 Å². The SMILES string of the molecule is C=CC(=O)O.ON=C(c1ccccc1)c1ccccc1.c1ccccc1. The predicted molar refractivity (Wildman–Crippen MR) is 105 cm³/mol. The van der Waals surface area contributed by atoms with Gasteiger partial charge in [0.05, 0.1) is 0 Å². The Balaban J connectivity index is 0.000000253. The Morgan fingerprint density at radius 3 is 1.23 bits per heavy atom. The highest BCUT2D eigenvalue weighted by Gasteiger charge is 2.05. The first-order chi connectivity index (χ1) is 12.7. The minimum absolute atomic E-state index is 0.594. The van der Waals surface area contributed by atoms with E-state index in [2.05, 4.69) is 11.7 Å². The number of carboxylic acid groups (broad SMARTS) is 1. The van der Waals surface area contributed by atoms with Crippen molar-refractivity contribution in [2.24, 2.45) is 5.16 Å². The Morgan fingerprint density at radius 2 is 1.00 bits per heavy atom. The number of carbonyl (C=O) groups is 1. The van der Waals surface area contributed by atoms with Crippen molar-refractivity contribution >= 4 is 11.7 Å². The zero-order chi connectivity index (χ0) is 19.0. The third-order valence-corrected chi connectivity index (χ3v) is 3.04. The average Bonchev–Trinajstić information content (AvgIpc) is 2.72. The molecule has 0 fully saturated rings. The number of rotatable bonds is 3. The lowest BCUT2D eigenvalue weighted by Gasteiger charge is -2.03. The molecule has 0 aliphatic rings. The van der Waals surface area contributed by atoms with Crippen molar-refractivity contribution < 1.29 is 15.1 Å². The number of carboxylic acids is 1. The van der Waals surface area contributed by atoms with Gasteiger partial charge in [0, 0.05) is 17.2 Å². The lowest BCUT2D eigenvalue weighted by Crippen LogP contribution is -2.02. The number of hydrogen-bond acceptors (Lipinski definition) is 3. The Kier molecular flexibility index (Phi) is 9.98. The minimum Gasteiger partial charge on any atom is -0.478 e. The van der Waals surface area contributed by atoms with E-state index < -0.39 is 5.97 Å². The zero-order valence-electron chi connectivity index (χ0n) is 14.3. The lowest BCUT2D eigenvalue weighted by molar-refractivity contribution is -0.131. The standard InChI is InChI=1S/C13H11NO.C6H6.C3H4O2/c15-14-13(11-7-3-1-4-8-11)12-9-5-2-6-10-12;1-2-4-6-5-3-1;1-2-3(4)5/h1-10,15H;1-6H;2H,1H2,(H,4,5). The fourth-order valence-electron chi connectivity index (χ4n) is 1.86. The molecule has 0 aromatic heterocycles. The second-order valence-corrected chi connectivity index (χ2v) is 4.88. The first-order valence-electron chi connectivity index (χ1n) is 7.87. The molecule has 4 nitrogen and oxygen atoms in total. The molecular formula is C22H21NO3. The van der Waals surface area contributed by atoms with Crippen LogP contribution in [0.2, 0.25) is 0 Å². The molecule has 0 aliphatic heterocycles. The van der Waals surface area contributed by atoms with Crippen LogP contribution in [0.4, 0.5) is 0 Å². The Hall–Kier alpha value is -3.66. The molecule has 4 heteroatoms. The molecule has 2 N–H and O–H groups in total. The maximum atomic E-state index is 9.25. The van der Waals surface area contributed by atoms with Crippen LogP contribution in [0.5, 0.6) is 0 Å². The van der Waals surface area contributed by atoms with Crippen molar-refractivity contribution in [1.82, 2.24) is 0 Å². The van der Waals surface area contributed by atoms with E-state index in [1.165, 1.54) is 0 Å². The van der Waals surface area contributed by atoms with Gasteiger partial charge < -0.3 is 10.3 Å². The third-order valence-electron chi connectivity index (χ3n) is 3.04. The van der Waals surface area contributed by atoms with E-state index in [9.17, 15) is 4.79 Å². The highest BCUT2D eigenvalue weighted by molar-refractivity contribution is 6.12. The normalized spacial score (nSPS) is 8.62. The molecule has 3 aromatic carbocycles. The fraction of sp³-hybridized carbons (Fsp3) is 0. The van der Waals surface area contributed by atoms with Crippen LogP contribution in [-0.2, 0) is 4.79 Å². The van der Waals surface area contributed by atoms with Crippen molar-refractivity contribution in [1.29, 1.82) is 0 Å². The molecular weight excluding hydrogens is 326 g/mol. The van der Waals surface area contributed by atoms with Crippen LogP contribution in [0.3, 0.4) is 0 Å². The van der Waals surface area contributed by atoms with Crippen LogP contribution in [0.1, 0.15) is 11.1 Å². The summed E-state index contributed by atoms with van der Waals surface area (Å²) in [6.07, 6.45) is 0.833. The van der Waals surface area contributed by atoms with E-state index in [0.717, 1.165) is 17.2 Å². The summed E-state index contributed by atoms with van der Waals surface area (Å²) >= 11 is 0. The molecule has 0 aliphatic carbocycles. The Labute approximate surface area is 153 Å². The number of nitrogens with zero attached hydrogens (tertiary/aromatic N) is 1. The van der Waals surface area contributed by atoms with Crippen LogP contribution in [0.15, 0.2) is 115 Å². The highest BCUT2D eigenvalue weighted by atomic mass is 16.4. The molecule has 0 spiro atoms. The third kappa shape index (κ3) is 8.26. The van der Waals surface area contributed by atoms with Gasteiger partial charge in [-0.1, -0.05) is 109 Å². The van der Waals surface area contributed by atoms with Crippen LogP contribution >= 0.6 is 0 Å². The average molecular weight is 347 g/mol. The molecule has 3 rings (SSSR count). The molecule has 26 heavy (non-hydrogen) atoms. The monoisotopic (exact) mass is 347 g/mol. The number of hydrogen-bond donors (Lipinski definition) is 2. The summed E-state index contributed by atoms with van der Waals surface area (Å²) in [4.78, 5) is 9.25. The van der Waals surface area contributed by atoms with E-state index in [1.807, 2.05) is 97.1 Å². The summed E-state index contributed by atoms with van der Waals surface area (Å²) in [7, 11) is 0. The summed E-state index contributed by atoms with van der Waals surface area (Å²) in [5, 5.41) is 20.0. The van der Waals surface area contributed by atoms with Crippen molar-refractivity contribution in [3.05, 3.63) is 121 Å². The van der Waals surface area contributed by atoms with Gasteiger partial charge in [0.25, 0.3) is 0 Å². The lowest BCUT2D eigenvalue weighted by atomic mass is 10.0. The van der Waals surface area contributed by atoms with Gasteiger partial charge in [0.1, 0.15) is 5.71 Å². The summed E-state index contributed by atoms with van der Waals surface area (Å²) in [5.41, 5.74) is 2.41. The molecule has 3 aromatic rings. The Bertz CT molecular complexity index is 717. The van der Waals surface area contributed by atoms with Gasteiger partial charge in [0.2, 0.25) is 0 Å². The second kappa shape index (κ2) is 12.7. The van der Waals surface area contributed by atoms with E-state index in [4.69, 9.17) is 10.3 Å². The zero-order valence-corrected chi connectivity index (χ0v) is 14.3. The maximum Gasteiger partial charge on any atom is 0.327 e. The van der Waals surface area contributed by atoms with E-state index in [0.29, 0.717) is 5.71 Å². The largest absolute Gasteiger partial charge is 0.478 e. The number of benzene rings is 3. The maximum absolute atomic E-state index is 9.25. The molecule has 0 bridgehead atoms. The number of aliphatic carboxylic acids is 1. The van der Waals surface area contributed by atoms with Gasteiger partial charge in [-0.15, -0.1) is 0 Å². The van der Waals surface area contributed by atoms with Crippen LogP contribution < -0.4 is 0 Å². The highest BCUT2D eigenvalue weighted by Crippen LogP contribution is 2.09. The molecule has 0 saturated carbocycles. The fourth-order valence-corrected chi connectivity index (χ4v) is 1.86.